The van der Waals surface area contributed by atoms with Crippen molar-refractivity contribution in [3.05, 3.63) is 46.7 Å². The predicted molar refractivity (Wildman–Crippen MR) is 62.2 cm³/mol. The van der Waals surface area contributed by atoms with Crippen LogP contribution in [0.3, 0.4) is 0 Å². The lowest BCUT2D eigenvalue weighted by atomic mass is 10.1. The van der Waals surface area contributed by atoms with Gasteiger partial charge in [-0.25, -0.2) is 4.79 Å². The highest BCUT2D eigenvalue weighted by Gasteiger charge is 2.19. The maximum absolute atomic E-state index is 10.8. The van der Waals surface area contributed by atoms with Crippen molar-refractivity contribution in [2.45, 2.75) is 13.0 Å². The van der Waals surface area contributed by atoms with Gasteiger partial charge in [0.05, 0.1) is 6.04 Å². The number of carboxylic acids is 1. The van der Waals surface area contributed by atoms with Gasteiger partial charge in [0.25, 0.3) is 0 Å². The highest BCUT2D eigenvalue weighted by Crippen LogP contribution is 2.18. The van der Waals surface area contributed by atoms with E-state index >= 15 is 0 Å². The van der Waals surface area contributed by atoms with Crippen LogP contribution in [0.5, 0.6) is 0 Å². The van der Waals surface area contributed by atoms with Crippen LogP contribution in [-0.4, -0.2) is 26.1 Å². The van der Waals surface area contributed by atoms with E-state index in [1.165, 1.54) is 4.80 Å². The van der Waals surface area contributed by atoms with Gasteiger partial charge in [-0.2, -0.15) is 4.80 Å². The molecule has 0 saturated heterocycles. The van der Waals surface area contributed by atoms with Gasteiger partial charge in [-0.05, 0) is 12.5 Å². The lowest BCUT2D eigenvalue weighted by Crippen LogP contribution is -2.11. The number of hydrogen-bond donors (Lipinski definition) is 1. The van der Waals surface area contributed by atoms with Crippen LogP contribution < -0.4 is 0 Å². The molecule has 1 unspecified atom stereocenters. The first-order valence-corrected chi connectivity index (χ1v) is 5.38. The van der Waals surface area contributed by atoms with Crippen LogP contribution in [0.1, 0.15) is 29.0 Å². The second-order valence-corrected chi connectivity index (χ2v) is 3.91. The average Bonchev–Trinajstić information content (AvgIpc) is 2.71. The van der Waals surface area contributed by atoms with Crippen LogP contribution >= 0.6 is 11.6 Å². The van der Waals surface area contributed by atoms with E-state index in [1.54, 1.807) is 0 Å². The maximum Gasteiger partial charge on any atom is 0.359 e. The third-order valence-corrected chi connectivity index (χ3v) is 2.67. The van der Waals surface area contributed by atoms with Crippen molar-refractivity contribution in [3.8, 4) is 0 Å². The second kappa shape index (κ2) is 4.55. The molecule has 5 nitrogen and oxygen atoms in total. The molecular formula is C11H10ClN3O2. The van der Waals surface area contributed by atoms with E-state index in [1.807, 2.05) is 37.3 Å². The van der Waals surface area contributed by atoms with Gasteiger partial charge < -0.3 is 5.11 Å². The molecule has 0 saturated carbocycles. The van der Waals surface area contributed by atoms with Crippen LogP contribution in [0.2, 0.25) is 5.15 Å². The Morgan fingerprint density at radius 3 is 2.53 bits per heavy atom. The number of carbonyl (C=O) groups is 1. The summed E-state index contributed by atoms with van der Waals surface area (Å²) in [6, 6.07) is 9.37. The molecule has 1 aromatic carbocycles. The molecular weight excluding hydrogens is 242 g/mol. The zero-order chi connectivity index (χ0) is 12.4. The molecule has 2 aromatic rings. The van der Waals surface area contributed by atoms with E-state index in [-0.39, 0.29) is 16.9 Å². The Labute approximate surface area is 103 Å². The normalized spacial score (nSPS) is 12.4. The minimum Gasteiger partial charge on any atom is -0.476 e. The number of hydrogen-bond acceptors (Lipinski definition) is 3. The SMILES string of the molecule is CC(c1ccccc1)n1nc(Cl)c(C(=O)O)n1. The monoisotopic (exact) mass is 251 g/mol. The summed E-state index contributed by atoms with van der Waals surface area (Å²) in [6.07, 6.45) is 0. The lowest BCUT2D eigenvalue weighted by molar-refractivity contribution is 0.0689. The summed E-state index contributed by atoms with van der Waals surface area (Å²) in [4.78, 5) is 12.1. The molecule has 0 spiro atoms. The van der Waals surface area contributed by atoms with E-state index in [0.29, 0.717) is 0 Å². The van der Waals surface area contributed by atoms with Crippen molar-refractivity contribution < 1.29 is 9.90 Å². The molecule has 17 heavy (non-hydrogen) atoms. The molecule has 1 heterocycles. The minimum atomic E-state index is -1.18. The Morgan fingerprint density at radius 1 is 1.35 bits per heavy atom. The van der Waals surface area contributed by atoms with E-state index in [9.17, 15) is 4.79 Å². The number of nitrogens with zero attached hydrogens (tertiary/aromatic N) is 3. The topological polar surface area (TPSA) is 68.0 Å². The van der Waals surface area contributed by atoms with Gasteiger partial charge in [0, 0.05) is 0 Å². The number of aromatic carboxylic acids is 1. The molecule has 0 amide bonds. The van der Waals surface area contributed by atoms with Crippen molar-refractivity contribution in [2.24, 2.45) is 0 Å². The highest BCUT2D eigenvalue weighted by molar-refractivity contribution is 6.31. The van der Waals surface area contributed by atoms with Crippen molar-refractivity contribution in [2.75, 3.05) is 0 Å². The molecule has 1 atom stereocenters. The predicted octanol–water partition coefficient (Wildman–Crippen LogP) is 2.24. The molecule has 0 bridgehead atoms. The molecule has 88 valence electrons. The summed E-state index contributed by atoms with van der Waals surface area (Å²) in [7, 11) is 0. The second-order valence-electron chi connectivity index (χ2n) is 3.55. The van der Waals surface area contributed by atoms with Crippen molar-refractivity contribution in [3.63, 3.8) is 0 Å². The maximum atomic E-state index is 10.8. The Kier molecular flexibility index (Phi) is 3.10. The zero-order valence-corrected chi connectivity index (χ0v) is 9.80. The quantitative estimate of drug-likeness (QED) is 0.908. The smallest absolute Gasteiger partial charge is 0.359 e. The van der Waals surface area contributed by atoms with Crippen molar-refractivity contribution in [1.29, 1.82) is 0 Å². The molecule has 1 aromatic heterocycles. The fourth-order valence-electron chi connectivity index (χ4n) is 1.47. The Morgan fingerprint density at radius 2 is 2.00 bits per heavy atom. The standard InChI is InChI=1S/C11H10ClN3O2/c1-7(8-5-3-2-4-6-8)15-13-9(11(16)17)10(12)14-15/h2-7H,1H3,(H,16,17). The van der Waals surface area contributed by atoms with E-state index in [2.05, 4.69) is 10.2 Å². The largest absolute Gasteiger partial charge is 0.476 e. The molecule has 1 N–H and O–H groups in total. The molecule has 0 radical (unpaired) electrons. The van der Waals surface area contributed by atoms with Crippen LogP contribution in [-0.2, 0) is 0 Å². The van der Waals surface area contributed by atoms with E-state index < -0.39 is 5.97 Å². The van der Waals surface area contributed by atoms with Gasteiger partial charge in [0.2, 0.25) is 5.69 Å². The van der Waals surface area contributed by atoms with Gasteiger partial charge >= 0.3 is 5.97 Å². The van der Waals surface area contributed by atoms with Gasteiger partial charge in [-0.1, -0.05) is 41.9 Å². The van der Waals surface area contributed by atoms with Crippen LogP contribution in [0.15, 0.2) is 30.3 Å². The first-order chi connectivity index (χ1) is 8.09. The number of benzene rings is 1. The van der Waals surface area contributed by atoms with E-state index in [0.717, 1.165) is 5.56 Å². The number of halogens is 1. The zero-order valence-electron chi connectivity index (χ0n) is 9.04. The first-order valence-electron chi connectivity index (χ1n) is 5.00. The van der Waals surface area contributed by atoms with Crippen LogP contribution in [0.25, 0.3) is 0 Å². The molecule has 0 aliphatic carbocycles. The van der Waals surface area contributed by atoms with Gasteiger partial charge in [0.15, 0.2) is 5.15 Å². The van der Waals surface area contributed by atoms with Crippen molar-refractivity contribution in [1.82, 2.24) is 15.0 Å². The average molecular weight is 252 g/mol. The molecule has 2 rings (SSSR count). The molecule has 0 aliphatic heterocycles. The van der Waals surface area contributed by atoms with Crippen LogP contribution in [0.4, 0.5) is 0 Å². The Balaban J connectivity index is 2.35. The fourth-order valence-corrected chi connectivity index (χ4v) is 1.67. The Bertz CT molecular complexity index is 539. The van der Waals surface area contributed by atoms with Gasteiger partial charge in [0.1, 0.15) is 0 Å². The van der Waals surface area contributed by atoms with E-state index in [4.69, 9.17) is 16.7 Å². The lowest BCUT2D eigenvalue weighted by Gasteiger charge is -2.09. The van der Waals surface area contributed by atoms with Gasteiger partial charge in [-0.3, -0.25) is 0 Å². The summed E-state index contributed by atoms with van der Waals surface area (Å²) in [5.74, 6) is -1.18. The highest BCUT2D eigenvalue weighted by atomic mass is 35.5. The van der Waals surface area contributed by atoms with Crippen molar-refractivity contribution >= 4 is 17.6 Å². The Hall–Kier alpha value is -1.88. The number of aromatic nitrogens is 3. The number of rotatable bonds is 3. The summed E-state index contributed by atoms with van der Waals surface area (Å²) in [5.41, 5.74) is 0.755. The minimum absolute atomic E-state index is 0.0970. The molecule has 6 heteroatoms. The number of carboxylic acid groups (broad SMARTS) is 1. The molecule has 0 aliphatic rings. The third-order valence-electron chi connectivity index (χ3n) is 2.42. The summed E-state index contributed by atoms with van der Waals surface area (Å²) in [5, 5.41) is 16.5. The summed E-state index contributed by atoms with van der Waals surface area (Å²) < 4.78 is 0. The molecule has 0 fully saturated rings. The van der Waals surface area contributed by atoms with Crippen LogP contribution in [0, 0.1) is 0 Å². The van der Waals surface area contributed by atoms with Gasteiger partial charge in [-0.15, -0.1) is 10.2 Å². The fraction of sp³-hybridized carbons (Fsp3) is 0.182. The first kappa shape index (κ1) is 11.6. The summed E-state index contributed by atoms with van der Waals surface area (Å²) in [6.45, 7) is 1.87. The third kappa shape index (κ3) is 2.29. The summed E-state index contributed by atoms with van der Waals surface area (Å²) >= 11 is 5.70.